The van der Waals surface area contributed by atoms with Gasteiger partial charge in [0.1, 0.15) is 18.1 Å². The Labute approximate surface area is 348 Å². The third-order valence-electron chi connectivity index (χ3n) is 9.58. The Morgan fingerprint density at radius 3 is 2.00 bits per heavy atom. The van der Waals surface area contributed by atoms with Gasteiger partial charge in [-0.1, -0.05) is 114 Å². The summed E-state index contributed by atoms with van der Waals surface area (Å²) in [7, 11) is -4.46. The summed E-state index contributed by atoms with van der Waals surface area (Å²) in [6, 6.07) is 0. The van der Waals surface area contributed by atoms with E-state index < -0.39 is 44.7 Å². The molecule has 1 aromatic rings. The Balaban J connectivity index is 2.36. The number of phosphoric ester groups is 1. The highest BCUT2D eigenvalue weighted by Crippen LogP contribution is 2.43. The van der Waals surface area contributed by atoms with Crippen LogP contribution in [0.2, 0.25) is 0 Å². The Morgan fingerprint density at radius 1 is 0.724 bits per heavy atom. The summed E-state index contributed by atoms with van der Waals surface area (Å²) in [6.45, 7) is 7.56. The first-order valence-corrected chi connectivity index (χ1v) is 23.2. The molecule has 0 spiro atoms. The fraction of sp³-hybridized carbons (Fsp3) is 0.689. The summed E-state index contributed by atoms with van der Waals surface area (Å²) < 4.78 is 38.7. The minimum absolute atomic E-state index is 0.00566. The van der Waals surface area contributed by atoms with Gasteiger partial charge in [0.15, 0.2) is 6.10 Å². The number of esters is 2. The van der Waals surface area contributed by atoms with Gasteiger partial charge >= 0.3 is 19.8 Å². The highest BCUT2D eigenvalue weighted by atomic mass is 31.2. The number of allylic oxidation sites excluding steroid dienone is 5. The van der Waals surface area contributed by atoms with Crippen molar-refractivity contribution in [2.45, 2.75) is 174 Å². The lowest BCUT2D eigenvalue weighted by molar-refractivity contribution is -0.161. The Kier molecular flexibility index (Phi) is 31.1. The molecule has 0 aromatic carbocycles. The SMILES string of the molecule is CCCCC/C=C\C[C@H](O)/C=C/C=C/C=C\[C@H](O)CCCC(=O)O[C@H](COC(=O)CCCCCCCCCCc1oc(CCC)c(C)c1C)COP(=O)(O)OCCN. The second-order valence-corrected chi connectivity index (χ2v) is 16.3. The van der Waals surface area contributed by atoms with Gasteiger partial charge < -0.3 is 34.7 Å². The highest BCUT2D eigenvalue weighted by Gasteiger charge is 2.26. The fourth-order valence-corrected chi connectivity index (χ4v) is 6.82. The van der Waals surface area contributed by atoms with Crippen molar-refractivity contribution in [2.24, 2.45) is 5.73 Å². The zero-order valence-electron chi connectivity index (χ0n) is 36.0. The van der Waals surface area contributed by atoms with Crippen molar-refractivity contribution >= 4 is 19.8 Å². The number of hydrogen-bond donors (Lipinski definition) is 4. The number of furan rings is 1. The van der Waals surface area contributed by atoms with Gasteiger partial charge in [0, 0.05) is 32.2 Å². The van der Waals surface area contributed by atoms with Gasteiger partial charge in [-0.25, -0.2) is 4.57 Å². The van der Waals surface area contributed by atoms with E-state index in [4.69, 9.17) is 28.7 Å². The third kappa shape index (κ3) is 27.8. The predicted molar refractivity (Wildman–Crippen MR) is 230 cm³/mol. The molecule has 0 radical (unpaired) electrons. The van der Waals surface area contributed by atoms with Crippen molar-refractivity contribution in [1.29, 1.82) is 0 Å². The molecule has 0 bridgehead atoms. The number of carbonyl (C=O) groups is 2. The van der Waals surface area contributed by atoms with E-state index in [1.165, 1.54) is 30.4 Å². The van der Waals surface area contributed by atoms with Crippen LogP contribution < -0.4 is 5.73 Å². The average molecular weight is 838 g/mol. The van der Waals surface area contributed by atoms with Gasteiger partial charge in [-0.15, -0.1) is 0 Å². The molecule has 0 fully saturated rings. The molecule has 1 rings (SSSR count). The van der Waals surface area contributed by atoms with E-state index in [-0.39, 0.29) is 32.6 Å². The number of hydrogen-bond acceptors (Lipinski definition) is 11. The minimum Gasteiger partial charge on any atom is -0.466 e. The van der Waals surface area contributed by atoms with Gasteiger partial charge in [-0.05, 0) is 76.3 Å². The van der Waals surface area contributed by atoms with E-state index in [1.807, 2.05) is 6.08 Å². The van der Waals surface area contributed by atoms with Crippen molar-refractivity contribution in [1.82, 2.24) is 0 Å². The smallest absolute Gasteiger partial charge is 0.466 e. The van der Waals surface area contributed by atoms with Crippen LogP contribution in [-0.2, 0) is 45.5 Å². The quantitative estimate of drug-likeness (QED) is 0.0165. The molecule has 0 aliphatic carbocycles. The molecule has 0 saturated carbocycles. The topological polar surface area (TPSA) is 188 Å². The molecular formula is C45H76NO11P. The van der Waals surface area contributed by atoms with E-state index in [0.717, 1.165) is 82.1 Å². The normalized spacial score (nSPS) is 14.8. The first-order valence-electron chi connectivity index (χ1n) is 21.7. The van der Waals surface area contributed by atoms with E-state index in [1.54, 1.807) is 36.5 Å². The summed E-state index contributed by atoms with van der Waals surface area (Å²) in [6.07, 6.45) is 29.1. The first-order chi connectivity index (χ1) is 27.9. The van der Waals surface area contributed by atoms with Crippen LogP contribution >= 0.6 is 7.82 Å². The summed E-state index contributed by atoms with van der Waals surface area (Å²) in [4.78, 5) is 35.0. The van der Waals surface area contributed by atoms with Crippen molar-refractivity contribution in [2.75, 3.05) is 26.4 Å². The zero-order chi connectivity index (χ0) is 42.9. The van der Waals surface area contributed by atoms with Gasteiger partial charge in [-0.3, -0.25) is 18.6 Å². The van der Waals surface area contributed by atoms with Gasteiger partial charge in [0.2, 0.25) is 0 Å². The summed E-state index contributed by atoms with van der Waals surface area (Å²) in [5, 5.41) is 20.3. The highest BCUT2D eigenvalue weighted by molar-refractivity contribution is 7.47. The fourth-order valence-electron chi connectivity index (χ4n) is 6.05. The van der Waals surface area contributed by atoms with Crippen LogP contribution in [0.1, 0.15) is 152 Å². The maximum atomic E-state index is 12.6. The molecule has 0 amide bonds. The lowest BCUT2D eigenvalue weighted by Gasteiger charge is -2.20. The Morgan fingerprint density at radius 2 is 1.34 bits per heavy atom. The number of rotatable bonds is 36. The Bertz CT molecular complexity index is 1400. The molecule has 58 heavy (non-hydrogen) atoms. The number of phosphoric acid groups is 1. The standard InChI is InChI=1S/C45H76NO11P/c1-5-7-8-9-14-19-26-39(47)27-20-17-18-21-28-40(48)29-24-32-45(50)56-41(36-55-58(51,52)54-34-33-46)35-53-44(49)31-23-16-13-11-10-12-15-22-30-43-38(4)37(3)42(57-43)25-6-2/h14,17-21,27-28,39-41,47-48H,5-13,15-16,22-26,29-36,46H2,1-4H3,(H,51,52)/b18-17+,19-14-,27-20+,28-21-/t39-,40-,41+/m0/s1. The molecular weight excluding hydrogens is 761 g/mol. The molecule has 0 aliphatic heterocycles. The van der Waals surface area contributed by atoms with Crippen LogP contribution in [0.15, 0.2) is 53.0 Å². The molecule has 1 unspecified atom stereocenters. The second kappa shape index (κ2) is 33.9. The summed E-state index contributed by atoms with van der Waals surface area (Å²) in [5.41, 5.74) is 7.93. The number of aliphatic hydroxyl groups excluding tert-OH is 2. The van der Waals surface area contributed by atoms with E-state index >= 15 is 0 Å². The number of ether oxygens (including phenoxy) is 2. The largest absolute Gasteiger partial charge is 0.472 e. The maximum absolute atomic E-state index is 12.6. The van der Waals surface area contributed by atoms with E-state index in [2.05, 4.69) is 33.8 Å². The summed E-state index contributed by atoms with van der Waals surface area (Å²) in [5.74, 6) is 1.17. The van der Waals surface area contributed by atoms with E-state index in [0.29, 0.717) is 25.7 Å². The van der Waals surface area contributed by atoms with Crippen molar-refractivity contribution in [3.8, 4) is 0 Å². The van der Waals surface area contributed by atoms with Crippen molar-refractivity contribution < 1.29 is 52.2 Å². The zero-order valence-corrected chi connectivity index (χ0v) is 36.8. The van der Waals surface area contributed by atoms with Crippen molar-refractivity contribution in [3.05, 3.63) is 71.3 Å². The first kappa shape index (κ1) is 53.2. The lowest BCUT2D eigenvalue weighted by atomic mass is 10.0. The minimum atomic E-state index is -4.46. The molecule has 0 aliphatic rings. The van der Waals surface area contributed by atoms with Crippen LogP contribution in [-0.4, -0.2) is 71.7 Å². The van der Waals surface area contributed by atoms with Crippen LogP contribution in [0.4, 0.5) is 0 Å². The number of carbonyl (C=O) groups excluding carboxylic acids is 2. The van der Waals surface area contributed by atoms with Crippen LogP contribution in [0.25, 0.3) is 0 Å². The molecule has 4 atom stereocenters. The number of aliphatic hydroxyl groups is 2. The average Bonchev–Trinajstić information content (AvgIpc) is 3.46. The van der Waals surface area contributed by atoms with Gasteiger partial charge in [-0.2, -0.15) is 0 Å². The number of aryl methyl sites for hydroxylation is 2. The van der Waals surface area contributed by atoms with Gasteiger partial charge in [0.05, 0.1) is 25.4 Å². The number of nitrogens with two attached hydrogens (primary N) is 1. The second-order valence-electron chi connectivity index (χ2n) is 14.8. The van der Waals surface area contributed by atoms with Crippen LogP contribution in [0.5, 0.6) is 0 Å². The van der Waals surface area contributed by atoms with E-state index in [9.17, 15) is 29.3 Å². The summed E-state index contributed by atoms with van der Waals surface area (Å²) >= 11 is 0. The lowest BCUT2D eigenvalue weighted by Crippen LogP contribution is -2.29. The molecule has 1 heterocycles. The van der Waals surface area contributed by atoms with Crippen LogP contribution in [0, 0.1) is 13.8 Å². The molecule has 12 nitrogen and oxygen atoms in total. The molecule has 5 N–H and O–H groups in total. The van der Waals surface area contributed by atoms with Crippen molar-refractivity contribution in [3.63, 3.8) is 0 Å². The molecule has 332 valence electrons. The monoisotopic (exact) mass is 838 g/mol. The van der Waals surface area contributed by atoms with Crippen LogP contribution in [0.3, 0.4) is 0 Å². The molecule has 0 saturated heterocycles. The molecule has 1 aromatic heterocycles. The number of unbranched alkanes of at least 4 members (excludes halogenated alkanes) is 10. The Hall–Kier alpha value is -2.83. The maximum Gasteiger partial charge on any atom is 0.472 e. The van der Waals surface area contributed by atoms with Gasteiger partial charge in [0.25, 0.3) is 0 Å². The molecule has 13 heteroatoms. The third-order valence-corrected chi connectivity index (χ3v) is 10.6. The predicted octanol–water partition coefficient (Wildman–Crippen LogP) is 9.54.